The molecule has 0 aliphatic heterocycles. The van der Waals surface area contributed by atoms with E-state index < -0.39 is 0 Å². The van der Waals surface area contributed by atoms with E-state index in [4.69, 9.17) is 5.11 Å². The highest BCUT2D eigenvalue weighted by Crippen LogP contribution is 2.13. The van der Waals surface area contributed by atoms with Crippen molar-refractivity contribution >= 4 is 0 Å². The SMILES string of the molecule is CC(NCc1cn(CCO)nn1)c1ccc(F)cc1. The van der Waals surface area contributed by atoms with Crippen LogP contribution in [0.2, 0.25) is 0 Å². The Morgan fingerprint density at radius 1 is 1.37 bits per heavy atom. The minimum Gasteiger partial charge on any atom is -0.394 e. The van der Waals surface area contributed by atoms with Gasteiger partial charge in [-0.3, -0.25) is 0 Å². The molecule has 0 saturated heterocycles. The first-order valence-corrected chi connectivity index (χ1v) is 6.18. The van der Waals surface area contributed by atoms with Gasteiger partial charge in [0.2, 0.25) is 0 Å². The van der Waals surface area contributed by atoms with Gasteiger partial charge in [-0.1, -0.05) is 17.3 Å². The first kappa shape index (κ1) is 13.6. The summed E-state index contributed by atoms with van der Waals surface area (Å²) in [7, 11) is 0. The van der Waals surface area contributed by atoms with E-state index in [0.29, 0.717) is 13.1 Å². The summed E-state index contributed by atoms with van der Waals surface area (Å²) in [6.45, 7) is 3.07. The van der Waals surface area contributed by atoms with Gasteiger partial charge in [0.1, 0.15) is 5.82 Å². The van der Waals surface area contributed by atoms with E-state index >= 15 is 0 Å². The molecule has 0 aliphatic carbocycles. The summed E-state index contributed by atoms with van der Waals surface area (Å²) in [6, 6.07) is 6.52. The van der Waals surface area contributed by atoms with Crippen molar-refractivity contribution in [2.24, 2.45) is 0 Å². The molecule has 0 amide bonds. The summed E-state index contributed by atoms with van der Waals surface area (Å²) < 4.78 is 14.4. The molecule has 0 bridgehead atoms. The van der Waals surface area contributed by atoms with Gasteiger partial charge in [0.25, 0.3) is 0 Å². The lowest BCUT2D eigenvalue weighted by Gasteiger charge is -2.12. The molecule has 0 spiro atoms. The molecule has 6 heteroatoms. The second-order valence-electron chi connectivity index (χ2n) is 4.35. The zero-order valence-corrected chi connectivity index (χ0v) is 10.8. The average molecular weight is 264 g/mol. The molecular formula is C13H17FN4O. The number of rotatable bonds is 6. The van der Waals surface area contributed by atoms with Crippen molar-refractivity contribution in [2.45, 2.75) is 26.1 Å². The van der Waals surface area contributed by atoms with Gasteiger partial charge in [-0.25, -0.2) is 9.07 Å². The zero-order valence-electron chi connectivity index (χ0n) is 10.8. The summed E-state index contributed by atoms with van der Waals surface area (Å²) in [5, 5.41) is 20.0. The fraction of sp³-hybridized carbons (Fsp3) is 0.385. The van der Waals surface area contributed by atoms with Gasteiger partial charge in [-0.2, -0.15) is 0 Å². The van der Waals surface area contributed by atoms with Gasteiger partial charge in [0.15, 0.2) is 0 Å². The van der Waals surface area contributed by atoms with Crippen LogP contribution in [0.15, 0.2) is 30.5 Å². The summed E-state index contributed by atoms with van der Waals surface area (Å²) in [5.74, 6) is -0.233. The van der Waals surface area contributed by atoms with E-state index in [2.05, 4.69) is 15.6 Å². The molecule has 5 nitrogen and oxygen atoms in total. The predicted molar refractivity (Wildman–Crippen MR) is 68.8 cm³/mol. The van der Waals surface area contributed by atoms with E-state index in [-0.39, 0.29) is 18.5 Å². The highest BCUT2D eigenvalue weighted by Gasteiger charge is 2.06. The maximum atomic E-state index is 12.8. The molecular weight excluding hydrogens is 247 g/mol. The largest absolute Gasteiger partial charge is 0.394 e. The van der Waals surface area contributed by atoms with E-state index in [1.54, 1.807) is 23.0 Å². The van der Waals surface area contributed by atoms with Crippen molar-refractivity contribution in [1.29, 1.82) is 0 Å². The molecule has 1 unspecified atom stereocenters. The van der Waals surface area contributed by atoms with Crippen molar-refractivity contribution in [3.05, 3.63) is 47.5 Å². The summed E-state index contributed by atoms with van der Waals surface area (Å²) in [5.41, 5.74) is 1.83. The molecule has 0 radical (unpaired) electrons. The van der Waals surface area contributed by atoms with Gasteiger partial charge in [-0.15, -0.1) is 5.10 Å². The predicted octanol–water partition coefficient (Wildman–Crippen LogP) is 1.26. The molecule has 2 aromatic rings. The van der Waals surface area contributed by atoms with Gasteiger partial charge in [0, 0.05) is 18.8 Å². The number of aliphatic hydroxyl groups is 1. The first-order chi connectivity index (χ1) is 9.19. The number of hydrogen-bond acceptors (Lipinski definition) is 4. The van der Waals surface area contributed by atoms with Crippen LogP contribution < -0.4 is 5.32 Å². The third kappa shape index (κ3) is 3.84. The lowest BCUT2D eigenvalue weighted by Crippen LogP contribution is -2.18. The number of hydrogen-bond donors (Lipinski definition) is 2. The van der Waals surface area contributed by atoms with Crippen LogP contribution >= 0.6 is 0 Å². The molecule has 1 heterocycles. The molecule has 1 atom stereocenters. The van der Waals surface area contributed by atoms with Crippen LogP contribution in [0.1, 0.15) is 24.2 Å². The number of benzene rings is 1. The molecule has 2 N–H and O–H groups in total. The Bertz CT molecular complexity index is 512. The second-order valence-corrected chi connectivity index (χ2v) is 4.35. The fourth-order valence-electron chi connectivity index (χ4n) is 1.76. The van der Waals surface area contributed by atoms with Gasteiger partial charge in [-0.05, 0) is 24.6 Å². The van der Waals surface area contributed by atoms with Crippen LogP contribution in [-0.4, -0.2) is 26.7 Å². The Balaban J connectivity index is 1.88. The van der Waals surface area contributed by atoms with Crippen molar-refractivity contribution < 1.29 is 9.50 Å². The number of nitrogens with zero attached hydrogens (tertiary/aromatic N) is 3. The second kappa shape index (κ2) is 6.40. The van der Waals surface area contributed by atoms with E-state index in [1.165, 1.54) is 12.1 Å². The molecule has 0 saturated carbocycles. The van der Waals surface area contributed by atoms with Crippen LogP contribution in [0, 0.1) is 5.82 Å². The minimum absolute atomic E-state index is 0.0439. The van der Waals surface area contributed by atoms with E-state index in [1.807, 2.05) is 6.92 Å². The molecule has 19 heavy (non-hydrogen) atoms. The molecule has 102 valence electrons. The summed E-state index contributed by atoms with van der Waals surface area (Å²) >= 11 is 0. The molecule has 1 aromatic carbocycles. The van der Waals surface area contributed by atoms with E-state index in [0.717, 1.165) is 11.3 Å². The number of halogens is 1. The Morgan fingerprint density at radius 2 is 2.11 bits per heavy atom. The van der Waals surface area contributed by atoms with Crippen LogP contribution in [0.4, 0.5) is 4.39 Å². The topological polar surface area (TPSA) is 63.0 Å². The number of nitrogens with one attached hydrogen (secondary N) is 1. The van der Waals surface area contributed by atoms with Crippen LogP contribution in [0.25, 0.3) is 0 Å². The Kier molecular flexibility index (Phi) is 4.59. The Labute approximate surface area is 111 Å². The Hall–Kier alpha value is -1.79. The molecule has 2 rings (SSSR count). The third-order valence-electron chi connectivity index (χ3n) is 2.87. The van der Waals surface area contributed by atoms with Gasteiger partial charge < -0.3 is 10.4 Å². The van der Waals surface area contributed by atoms with Gasteiger partial charge in [0.05, 0.1) is 18.8 Å². The normalized spacial score (nSPS) is 12.6. The third-order valence-corrected chi connectivity index (χ3v) is 2.87. The van der Waals surface area contributed by atoms with Crippen LogP contribution in [-0.2, 0) is 13.1 Å². The van der Waals surface area contributed by atoms with Crippen molar-refractivity contribution in [1.82, 2.24) is 20.3 Å². The van der Waals surface area contributed by atoms with E-state index in [9.17, 15) is 4.39 Å². The fourth-order valence-corrected chi connectivity index (χ4v) is 1.76. The molecule has 1 aromatic heterocycles. The quantitative estimate of drug-likeness (QED) is 0.824. The minimum atomic E-state index is -0.233. The first-order valence-electron chi connectivity index (χ1n) is 6.18. The van der Waals surface area contributed by atoms with Gasteiger partial charge >= 0.3 is 0 Å². The highest BCUT2D eigenvalue weighted by atomic mass is 19.1. The molecule has 0 fully saturated rings. The van der Waals surface area contributed by atoms with Crippen molar-refractivity contribution in [3.63, 3.8) is 0 Å². The van der Waals surface area contributed by atoms with Crippen molar-refractivity contribution in [2.75, 3.05) is 6.61 Å². The van der Waals surface area contributed by atoms with Crippen molar-refractivity contribution in [3.8, 4) is 0 Å². The number of aliphatic hydroxyl groups excluding tert-OH is 1. The average Bonchev–Trinajstić information content (AvgIpc) is 2.85. The summed E-state index contributed by atoms with van der Waals surface area (Å²) in [4.78, 5) is 0. The lowest BCUT2D eigenvalue weighted by atomic mass is 10.1. The van der Waals surface area contributed by atoms with Crippen LogP contribution in [0.3, 0.4) is 0 Å². The smallest absolute Gasteiger partial charge is 0.123 e. The highest BCUT2D eigenvalue weighted by molar-refractivity contribution is 5.19. The van der Waals surface area contributed by atoms with Crippen LogP contribution in [0.5, 0.6) is 0 Å². The maximum absolute atomic E-state index is 12.8. The Morgan fingerprint density at radius 3 is 2.79 bits per heavy atom. The zero-order chi connectivity index (χ0) is 13.7. The maximum Gasteiger partial charge on any atom is 0.123 e. The lowest BCUT2D eigenvalue weighted by molar-refractivity contribution is 0.268. The standard InChI is InChI=1S/C13H17FN4O/c1-10(11-2-4-12(14)5-3-11)15-8-13-9-18(6-7-19)17-16-13/h2-5,9-10,15,19H,6-8H2,1H3. The molecule has 0 aliphatic rings. The summed E-state index contributed by atoms with van der Waals surface area (Å²) in [6.07, 6.45) is 1.79. The monoisotopic (exact) mass is 264 g/mol. The number of aromatic nitrogens is 3.